The Morgan fingerprint density at radius 2 is 2.12 bits per heavy atom. The molecule has 1 fully saturated rings. The van der Waals surface area contributed by atoms with E-state index in [-0.39, 0.29) is 17.7 Å². The summed E-state index contributed by atoms with van der Waals surface area (Å²) in [6, 6.07) is 16.3. The first-order valence-corrected chi connectivity index (χ1v) is 11.8. The van der Waals surface area contributed by atoms with Crippen LogP contribution in [0.25, 0.3) is 22.3 Å². The number of allylic oxidation sites excluding steroid dienone is 3. The predicted octanol–water partition coefficient (Wildman–Crippen LogP) is 5.36. The maximum atomic E-state index is 12.9. The summed E-state index contributed by atoms with van der Waals surface area (Å²) in [6.07, 6.45) is 7.55. The van der Waals surface area contributed by atoms with Crippen molar-refractivity contribution in [2.24, 2.45) is 11.8 Å². The van der Waals surface area contributed by atoms with Crippen LogP contribution >= 0.6 is 0 Å². The summed E-state index contributed by atoms with van der Waals surface area (Å²) in [6.45, 7) is 7.35. The Kier molecular flexibility index (Phi) is 6.83. The molecule has 0 bridgehead atoms. The standard InChI is InChI=1S/C28H31N5O/c1-4-22(20(3)28(34)32-13-12-21(16-29)17-32)9-8-19(2)23-10-11-27-26(14-23)31-18-33(27)25-7-5-6-24(30)15-25/h5-11,14-15,18,20-21H,4,12-13,17,30H2,1-3H3. The molecule has 1 saturated heterocycles. The fraction of sp³-hybridized carbons (Fsp3) is 0.321. The number of anilines is 1. The Morgan fingerprint density at radius 1 is 1.29 bits per heavy atom. The monoisotopic (exact) mass is 453 g/mol. The zero-order chi connectivity index (χ0) is 24.2. The number of carbonyl (C=O) groups is 1. The van der Waals surface area contributed by atoms with E-state index >= 15 is 0 Å². The van der Waals surface area contributed by atoms with Gasteiger partial charge in [-0.3, -0.25) is 9.36 Å². The van der Waals surface area contributed by atoms with Crippen LogP contribution in [0.3, 0.4) is 0 Å². The molecule has 3 aromatic rings. The minimum absolute atomic E-state index is 0.0370. The van der Waals surface area contributed by atoms with E-state index in [0.29, 0.717) is 13.1 Å². The van der Waals surface area contributed by atoms with Gasteiger partial charge in [-0.2, -0.15) is 5.26 Å². The summed E-state index contributed by atoms with van der Waals surface area (Å²) in [5, 5.41) is 9.13. The summed E-state index contributed by atoms with van der Waals surface area (Å²) in [7, 11) is 0. The van der Waals surface area contributed by atoms with Gasteiger partial charge in [0.1, 0.15) is 6.33 Å². The van der Waals surface area contributed by atoms with Crippen molar-refractivity contribution in [2.75, 3.05) is 18.8 Å². The van der Waals surface area contributed by atoms with Gasteiger partial charge in [0, 0.05) is 24.5 Å². The molecule has 0 radical (unpaired) electrons. The van der Waals surface area contributed by atoms with E-state index in [1.165, 1.54) is 0 Å². The lowest BCUT2D eigenvalue weighted by Gasteiger charge is -2.22. The molecule has 2 aromatic carbocycles. The highest BCUT2D eigenvalue weighted by Crippen LogP contribution is 2.26. The number of nitriles is 1. The average molecular weight is 454 g/mol. The third-order valence-electron chi connectivity index (χ3n) is 6.72. The summed E-state index contributed by atoms with van der Waals surface area (Å²) in [5.74, 6) is -0.113. The second kappa shape index (κ2) is 9.96. The summed E-state index contributed by atoms with van der Waals surface area (Å²) in [5.41, 5.74) is 12.9. The molecule has 2 unspecified atom stereocenters. The van der Waals surface area contributed by atoms with Gasteiger partial charge in [-0.1, -0.05) is 36.8 Å². The quantitative estimate of drug-likeness (QED) is 0.402. The molecule has 0 aliphatic carbocycles. The van der Waals surface area contributed by atoms with Crippen molar-refractivity contribution in [2.45, 2.75) is 33.6 Å². The average Bonchev–Trinajstić information content (AvgIpc) is 3.50. The van der Waals surface area contributed by atoms with Crippen molar-refractivity contribution in [3.63, 3.8) is 0 Å². The molecule has 2 heterocycles. The number of nitrogens with zero attached hydrogens (tertiary/aromatic N) is 4. The number of imidazole rings is 1. The molecule has 6 heteroatoms. The number of nitrogen functional groups attached to an aromatic ring is 1. The first-order chi connectivity index (χ1) is 16.4. The largest absolute Gasteiger partial charge is 0.399 e. The van der Waals surface area contributed by atoms with E-state index in [1.54, 1.807) is 0 Å². The van der Waals surface area contributed by atoms with E-state index in [1.807, 2.05) is 47.0 Å². The number of hydrogen-bond acceptors (Lipinski definition) is 4. The molecule has 0 spiro atoms. The Bertz CT molecular complexity index is 1310. The van der Waals surface area contributed by atoms with Gasteiger partial charge >= 0.3 is 0 Å². The minimum atomic E-state index is -0.192. The molecule has 34 heavy (non-hydrogen) atoms. The van der Waals surface area contributed by atoms with Crippen LogP contribution in [0.2, 0.25) is 0 Å². The third-order valence-corrected chi connectivity index (χ3v) is 6.72. The number of carbonyl (C=O) groups excluding carboxylic acids is 1. The van der Waals surface area contributed by atoms with Gasteiger partial charge in [-0.25, -0.2) is 4.98 Å². The van der Waals surface area contributed by atoms with Gasteiger partial charge < -0.3 is 10.6 Å². The molecule has 2 atom stereocenters. The van der Waals surface area contributed by atoms with E-state index in [2.05, 4.69) is 55.3 Å². The topological polar surface area (TPSA) is 87.9 Å². The van der Waals surface area contributed by atoms with Gasteiger partial charge in [0.2, 0.25) is 5.91 Å². The number of benzene rings is 2. The van der Waals surface area contributed by atoms with Crippen LogP contribution in [0.15, 0.2) is 66.5 Å². The fourth-order valence-corrected chi connectivity index (χ4v) is 4.53. The summed E-state index contributed by atoms with van der Waals surface area (Å²) in [4.78, 5) is 19.4. The second-order valence-electron chi connectivity index (χ2n) is 8.98. The van der Waals surface area contributed by atoms with Gasteiger partial charge in [0.05, 0.1) is 28.9 Å². The van der Waals surface area contributed by atoms with Crippen molar-refractivity contribution < 1.29 is 4.79 Å². The smallest absolute Gasteiger partial charge is 0.229 e. The Hall–Kier alpha value is -3.85. The fourth-order valence-electron chi connectivity index (χ4n) is 4.53. The van der Waals surface area contributed by atoms with Crippen LogP contribution in [0.4, 0.5) is 5.69 Å². The molecule has 1 amide bonds. The lowest BCUT2D eigenvalue weighted by molar-refractivity contribution is -0.132. The number of hydrogen-bond donors (Lipinski definition) is 1. The van der Waals surface area contributed by atoms with E-state index in [4.69, 9.17) is 11.0 Å². The normalized spacial score (nSPS) is 17.7. The SMILES string of the molecule is CCC(=CC=C(C)c1ccc2c(c1)ncn2-c1cccc(N)c1)C(C)C(=O)N1CCC(C#N)C1. The van der Waals surface area contributed by atoms with Crippen LogP contribution < -0.4 is 5.73 Å². The molecule has 1 aromatic heterocycles. The summed E-state index contributed by atoms with van der Waals surface area (Å²) < 4.78 is 2.03. The Balaban J connectivity index is 1.54. The molecule has 2 N–H and O–H groups in total. The van der Waals surface area contributed by atoms with Crippen LogP contribution in [-0.4, -0.2) is 33.4 Å². The van der Waals surface area contributed by atoms with Crippen molar-refractivity contribution in [3.05, 3.63) is 72.1 Å². The van der Waals surface area contributed by atoms with E-state index < -0.39 is 0 Å². The Morgan fingerprint density at radius 3 is 2.82 bits per heavy atom. The molecular weight excluding hydrogens is 422 g/mol. The van der Waals surface area contributed by atoms with Crippen molar-refractivity contribution in [1.82, 2.24) is 14.5 Å². The van der Waals surface area contributed by atoms with Crippen molar-refractivity contribution >= 4 is 28.2 Å². The van der Waals surface area contributed by atoms with Crippen molar-refractivity contribution in [3.8, 4) is 11.8 Å². The van der Waals surface area contributed by atoms with Crippen molar-refractivity contribution in [1.29, 1.82) is 5.26 Å². The molecule has 1 aliphatic heterocycles. The molecule has 0 saturated carbocycles. The lowest BCUT2D eigenvalue weighted by Crippen LogP contribution is -2.34. The summed E-state index contributed by atoms with van der Waals surface area (Å²) >= 11 is 0. The van der Waals surface area contributed by atoms with Crippen LogP contribution in [0.5, 0.6) is 0 Å². The zero-order valence-electron chi connectivity index (χ0n) is 20.0. The highest BCUT2D eigenvalue weighted by molar-refractivity contribution is 5.83. The van der Waals surface area contributed by atoms with Gasteiger partial charge in [-0.15, -0.1) is 0 Å². The lowest BCUT2D eigenvalue weighted by atomic mass is 9.95. The number of aromatic nitrogens is 2. The Labute approximate surface area is 201 Å². The maximum Gasteiger partial charge on any atom is 0.229 e. The number of rotatable bonds is 6. The van der Waals surface area contributed by atoms with E-state index in [0.717, 1.165) is 52.0 Å². The molecule has 6 nitrogen and oxygen atoms in total. The van der Waals surface area contributed by atoms with E-state index in [9.17, 15) is 4.79 Å². The van der Waals surface area contributed by atoms with Crippen LogP contribution in [-0.2, 0) is 4.79 Å². The van der Waals surface area contributed by atoms with Gasteiger partial charge in [-0.05, 0) is 68.2 Å². The minimum Gasteiger partial charge on any atom is -0.399 e. The highest BCUT2D eigenvalue weighted by atomic mass is 16.2. The number of likely N-dealkylation sites (tertiary alicyclic amines) is 1. The van der Waals surface area contributed by atoms with Crippen LogP contribution in [0, 0.1) is 23.2 Å². The molecule has 174 valence electrons. The second-order valence-corrected chi connectivity index (χ2v) is 8.98. The zero-order valence-corrected chi connectivity index (χ0v) is 20.0. The number of fused-ring (bicyclic) bond motifs is 1. The van der Waals surface area contributed by atoms with Gasteiger partial charge in [0.25, 0.3) is 0 Å². The first kappa shape index (κ1) is 23.3. The molecule has 1 aliphatic rings. The highest BCUT2D eigenvalue weighted by Gasteiger charge is 2.29. The first-order valence-electron chi connectivity index (χ1n) is 11.8. The van der Waals surface area contributed by atoms with Crippen LogP contribution in [0.1, 0.15) is 39.2 Å². The molecule has 4 rings (SSSR count). The molecular formula is C28H31N5O. The number of nitrogens with two attached hydrogens (primary N) is 1. The number of amides is 1. The third kappa shape index (κ3) is 4.74. The maximum absolute atomic E-state index is 12.9. The predicted molar refractivity (Wildman–Crippen MR) is 137 cm³/mol. The van der Waals surface area contributed by atoms with Gasteiger partial charge in [0.15, 0.2) is 0 Å².